The van der Waals surface area contributed by atoms with Crippen molar-refractivity contribution in [3.05, 3.63) is 5.82 Å². The molecule has 1 aromatic rings. The summed E-state index contributed by atoms with van der Waals surface area (Å²) in [5.41, 5.74) is 0. The van der Waals surface area contributed by atoms with Crippen LogP contribution in [0.25, 0.3) is 0 Å². The zero-order valence-corrected chi connectivity index (χ0v) is 9.53. The second kappa shape index (κ2) is 5.40. The first kappa shape index (κ1) is 10.7. The normalized spacial score (nSPS) is 10.4. The van der Waals surface area contributed by atoms with Crippen molar-refractivity contribution in [1.82, 2.24) is 9.36 Å². The van der Waals surface area contributed by atoms with Crippen molar-refractivity contribution in [2.24, 2.45) is 0 Å². The second-order valence-electron chi connectivity index (χ2n) is 2.80. The van der Waals surface area contributed by atoms with Gasteiger partial charge in [-0.2, -0.15) is 4.37 Å². The summed E-state index contributed by atoms with van der Waals surface area (Å²) in [6, 6.07) is 0. The molecule has 0 aliphatic carbocycles. The molecule has 3 nitrogen and oxygen atoms in total. The number of aromatic nitrogens is 2. The van der Waals surface area contributed by atoms with Crippen molar-refractivity contribution in [1.29, 1.82) is 0 Å². The lowest BCUT2D eigenvalue weighted by molar-refractivity contribution is 0.789. The van der Waals surface area contributed by atoms with E-state index in [2.05, 4.69) is 21.2 Å². The highest BCUT2D eigenvalue weighted by atomic mass is 35.5. The quantitative estimate of drug-likeness (QED) is 0.712. The predicted octanol–water partition coefficient (Wildman–Crippen LogP) is 2.30. The molecule has 0 aliphatic rings. The van der Waals surface area contributed by atoms with Crippen LogP contribution in [0, 0.1) is 6.92 Å². The van der Waals surface area contributed by atoms with Crippen molar-refractivity contribution >= 4 is 28.3 Å². The van der Waals surface area contributed by atoms with E-state index in [4.69, 9.17) is 11.6 Å². The summed E-state index contributed by atoms with van der Waals surface area (Å²) in [5.74, 6) is 1.48. The average Bonchev–Trinajstić information content (AvgIpc) is 2.51. The third kappa shape index (κ3) is 3.12. The third-order valence-electron chi connectivity index (χ3n) is 1.64. The van der Waals surface area contributed by atoms with Crippen molar-refractivity contribution in [2.45, 2.75) is 20.3 Å². The number of hydrogen-bond acceptors (Lipinski definition) is 4. The minimum absolute atomic E-state index is 0.638. The van der Waals surface area contributed by atoms with E-state index >= 15 is 0 Å². The SMILES string of the molecule is CCCN(CCCl)c1nc(C)ns1. The molecule has 0 aliphatic heterocycles. The van der Waals surface area contributed by atoms with Crippen LogP contribution in [0.1, 0.15) is 19.2 Å². The number of anilines is 1. The van der Waals surface area contributed by atoms with Crippen LogP contribution in [-0.4, -0.2) is 28.3 Å². The molecule has 0 aromatic carbocycles. The van der Waals surface area contributed by atoms with Gasteiger partial charge in [0, 0.05) is 30.5 Å². The fraction of sp³-hybridized carbons (Fsp3) is 0.750. The van der Waals surface area contributed by atoms with Crippen molar-refractivity contribution in [3.8, 4) is 0 Å². The Bertz CT molecular complexity index is 245. The van der Waals surface area contributed by atoms with Gasteiger partial charge in [-0.3, -0.25) is 0 Å². The fourth-order valence-corrected chi connectivity index (χ4v) is 2.02. The number of hydrogen-bond donors (Lipinski definition) is 0. The molecule has 74 valence electrons. The highest BCUT2D eigenvalue weighted by Gasteiger charge is 2.08. The van der Waals surface area contributed by atoms with Gasteiger partial charge < -0.3 is 4.90 Å². The van der Waals surface area contributed by atoms with Gasteiger partial charge in [0.05, 0.1) is 0 Å². The summed E-state index contributed by atoms with van der Waals surface area (Å²) in [6.45, 7) is 5.91. The Hall–Kier alpha value is -0.350. The van der Waals surface area contributed by atoms with Crippen LogP contribution in [0.4, 0.5) is 5.13 Å². The molecule has 0 amide bonds. The summed E-state index contributed by atoms with van der Waals surface area (Å²) < 4.78 is 4.15. The number of nitrogens with zero attached hydrogens (tertiary/aromatic N) is 3. The van der Waals surface area contributed by atoms with Crippen LogP contribution in [0.15, 0.2) is 0 Å². The molecule has 1 rings (SSSR count). The molecule has 0 N–H and O–H groups in total. The van der Waals surface area contributed by atoms with Gasteiger partial charge in [0.1, 0.15) is 5.82 Å². The Labute approximate surface area is 87.9 Å². The van der Waals surface area contributed by atoms with Crippen LogP contribution in [0.5, 0.6) is 0 Å². The molecule has 1 heterocycles. The highest BCUT2D eigenvalue weighted by Crippen LogP contribution is 2.16. The number of rotatable bonds is 5. The minimum Gasteiger partial charge on any atom is -0.346 e. The standard InChI is InChI=1S/C8H14ClN3S/c1-3-5-12(6-4-9)8-10-7(2)11-13-8/h3-6H2,1-2H3. The molecule has 0 unspecified atom stereocenters. The Morgan fingerprint density at radius 1 is 1.46 bits per heavy atom. The van der Waals surface area contributed by atoms with Gasteiger partial charge in [-0.15, -0.1) is 11.6 Å². The third-order valence-corrected chi connectivity index (χ3v) is 2.67. The van der Waals surface area contributed by atoms with E-state index in [0.29, 0.717) is 5.88 Å². The van der Waals surface area contributed by atoms with Crippen molar-refractivity contribution in [2.75, 3.05) is 23.9 Å². The van der Waals surface area contributed by atoms with Crippen LogP contribution < -0.4 is 4.90 Å². The van der Waals surface area contributed by atoms with Gasteiger partial charge in [-0.25, -0.2) is 4.98 Å². The number of aryl methyl sites for hydroxylation is 1. The Morgan fingerprint density at radius 2 is 2.23 bits per heavy atom. The Balaban J connectivity index is 2.63. The zero-order valence-electron chi connectivity index (χ0n) is 7.96. The molecule has 5 heteroatoms. The van der Waals surface area contributed by atoms with Gasteiger partial charge >= 0.3 is 0 Å². The monoisotopic (exact) mass is 219 g/mol. The van der Waals surface area contributed by atoms with Crippen LogP contribution in [0.2, 0.25) is 0 Å². The predicted molar refractivity (Wildman–Crippen MR) is 57.9 cm³/mol. The fourth-order valence-electron chi connectivity index (χ4n) is 1.09. The molecule has 0 radical (unpaired) electrons. The maximum absolute atomic E-state index is 5.70. The summed E-state index contributed by atoms with van der Waals surface area (Å²) in [6.07, 6.45) is 1.11. The Kier molecular flexibility index (Phi) is 4.45. The molecule has 13 heavy (non-hydrogen) atoms. The second-order valence-corrected chi connectivity index (χ2v) is 3.91. The Morgan fingerprint density at radius 3 is 2.69 bits per heavy atom. The smallest absolute Gasteiger partial charge is 0.205 e. The molecule has 0 saturated carbocycles. The maximum atomic E-state index is 5.70. The van der Waals surface area contributed by atoms with Crippen molar-refractivity contribution < 1.29 is 0 Å². The largest absolute Gasteiger partial charge is 0.346 e. The summed E-state index contributed by atoms with van der Waals surface area (Å²) in [7, 11) is 0. The first-order valence-electron chi connectivity index (χ1n) is 4.39. The number of alkyl halides is 1. The average molecular weight is 220 g/mol. The van der Waals surface area contributed by atoms with Gasteiger partial charge in [-0.1, -0.05) is 6.92 Å². The van der Waals surface area contributed by atoms with E-state index in [9.17, 15) is 0 Å². The number of halogens is 1. The van der Waals surface area contributed by atoms with Crippen LogP contribution in [0.3, 0.4) is 0 Å². The minimum atomic E-state index is 0.638. The van der Waals surface area contributed by atoms with E-state index in [0.717, 1.165) is 30.5 Å². The molecule has 0 spiro atoms. The molecule has 0 fully saturated rings. The lowest BCUT2D eigenvalue weighted by Gasteiger charge is -2.18. The van der Waals surface area contributed by atoms with Crippen molar-refractivity contribution in [3.63, 3.8) is 0 Å². The first-order valence-corrected chi connectivity index (χ1v) is 5.70. The maximum Gasteiger partial charge on any atom is 0.205 e. The summed E-state index contributed by atoms with van der Waals surface area (Å²) in [5, 5.41) is 0.986. The highest BCUT2D eigenvalue weighted by molar-refractivity contribution is 7.09. The lowest BCUT2D eigenvalue weighted by atomic mass is 10.4. The van der Waals surface area contributed by atoms with E-state index in [1.54, 1.807) is 0 Å². The molecular formula is C8H14ClN3S. The summed E-state index contributed by atoms with van der Waals surface area (Å²) >= 11 is 7.15. The summed E-state index contributed by atoms with van der Waals surface area (Å²) in [4.78, 5) is 6.50. The molecule has 0 atom stereocenters. The molecule has 0 bridgehead atoms. The topological polar surface area (TPSA) is 29.0 Å². The van der Waals surface area contributed by atoms with Crippen LogP contribution in [-0.2, 0) is 0 Å². The molecule has 0 saturated heterocycles. The first-order chi connectivity index (χ1) is 6.27. The van der Waals surface area contributed by atoms with Gasteiger partial charge in [0.25, 0.3) is 0 Å². The lowest BCUT2D eigenvalue weighted by Crippen LogP contribution is -2.26. The van der Waals surface area contributed by atoms with Gasteiger partial charge in [0.2, 0.25) is 5.13 Å². The van der Waals surface area contributed by atoms with E-state index in [-0.39, 0.29) is 0 Å². The van der Waals surface area contributed by atoms with Gasteiger partial charge in [0.15, 0.2) is 0 Å². The van der Waals surface area contributed by atoms with E-state index < -0.39 is 0 Å². The zero-order chi connectivity index (χ0) is 9.68. The van der Waals surface area contributed by atoms with Crippen LogP contribution >= 0.6 is 23.1 Å². The van der Waals surface area contributed by atoms with E-state index in [1.165, 1.54) is 11.5 Å². The van der Waals surface area contributed by atoms with E-state index in [1.807, 2.05) is 6.92 Å². The molecular weight excluding hydrogens is 206 g/mol. The van der Waals surface area contributed by atoms with Gasteiger partial charge in [-0.05, 0) is 13.3 Å². The molecule has 1 aromatic heterocycles.